The Morgan fingerprint density at radius 1 is 1.19 bits per heavy atom. The highest BCUT2D eigenvalue weighted by molar-refractivity contribution is 9.10. The Morgan fingerprint density at radius 3 is 2.62 bits per heavy atom. The summed E-state index contributed by atoms with van der Waals surface area (Å²) in [6.45, 7) is 1.97. The van der Waals surface area contributed by atoms with Crippen molar-refractivity contribution in [1.29, 1.82) is 0 Å². The van der Waals surface area contributed by atoms with Gasteiger partial charge in [-0.05, 0) is 52.5 Å². The molecule has 1 unspecified atom stereocenters. The lowest BCUT2D eigenvalue weighted by Gasteiger charge is -2.15. The summed E-state index contributed by atoms with van der Waals surface area (Å²) in [6, 6.07) is 8.92. The Bertz CT molecular complexity index is 634. The lowest BCUT2D eigenvalue weighted by molar-refractivity contribution is 0.430. The smallest absolute Gasteiger partial charge is 0.166 e. The van der Waals surface area contributed by atoms with Gasteiger partial charge in [0.1, 0.15) is 11.6 Å². The molecule has 21 heavy (non-hydrogen) atoms. The molecule has 0 radical (unpaired) electrons. The van der Waals surface area contributed by atoms with E-state index in [1.165, 1.54) is 18.2 Å². The number of halogens is 3. The van der Waals surface area contributed by atoms with E-state index in [0.29, 0.717) is 16.5 Å². The van der Waals surface area contributed by atoms with Gasteiger partial charge in [0.15, 0.2) is 11.6 Å². The fraction of sp³-hybridized carbons (Fsp3) is 0.250. The van der Waals surface area contributed by atoms with E-state index >= 15 is 0 Å². The highest BCUT2D eigenvalue weighted by Gasteiger charge is 2.14. The molecule has 0 saturated heterocycles. The molecule has 0 spiro atoms. The van der Waals surface area contributed by atoms with Gasteiger partial charge in [0.05, 0.1) is 4.47 Å². The predicted molar refractivity (Wildman–Crippen MR) is 82.5 cm³/mol. The van der Waals surface area contributed by atoms with Crippen molar-refractivity contribution in [1.82, 2.24) is 0 Å². The minimum atomic E-state index is -0.487. The summed E-state index contributed by atoms with van der Waals surface area (Å²) < 4.78 is 33.4. The highest BCUT2D eigenvalue weighted by Crippen LogP contribution is 2.31. The molecule has 2 N–H and O–H groups in total. The second-order valence-electron chi connectivity index (χ2n) is 4.78. The summed E-state index contributed by atoms with van der Waals surface area (Å²) in [5.74, 6) is -0.606. The van der Waals surface area contributed by atoms with Gasteiger partial charge < -0.3 is 10.5 Å². The molecule has 5 heteroatoms. The van der Waals surface area contributed by atoms with Crippen LogP contribution in [0.5, 0.6) is 11.5 Å². The maximum absolute atomic E-state index is 14.0. The number of ether oxygens (including phenoxy) is 1. The van der Waals surface area contributed by atoms with Gasteiger partial charge in [0.2, 0.25) is 0 Å². The van der Waals surface area contributed by atoms with E-state index < -0.39 is 11.6 Å². The third-order valence-corrected chi connectivity index (χ3v) is 3.81. The van der Waals surface area contributed by atoms with Crippen LogP contribution in [0.2, 0.25) is 0 Å². The zero-order valence-corrected chi connectivity index (χ0v) is 13.2. The van der Waals surface area contributed by atoms with E-state index in [1.54, 1.807) is 18.2 Å². The topological polar surface area (TPSA) is 35.2 Å². The zero-order valence-electron chi connectivity index (χ0n) is 11.6. The molecule has 0 aliphatic heterocycles. The average Bonchev–Trinajstić information content (AvgIpc) is 2.46. The largest absolute Gasteiger partial charge is 0.454 e. The van der Waals surface area contributed by atoms with Crippen molar-refractivity contribution < 1.29 is 13.5 Å². The first-order valence-corrected chi connectivity index (χ1v) is 7.46. The fourth-order valence-electron chi connectivity index (χ4n) is 1.91. The van der Waals surface area contributed by atoms with Gasteiger partial charge >= 0.3 is 0 Å². The second-order valence-corrected chi connectivity index (χ2v) is 5.63. The molecular formula is C16H16BrF2NO. The number of hydrogen-bond acceptors (Lipinski definition) is 2. The van der Waals surface area contributed by atoms with E-state index in [4.69, 9.17) is 10.5 Å². The van der Waals surface area contributed by atoms with Gasteiger partial charge in [-0.1, -0.05) is 19.1 Å². The third-order valence-electron chi connectivity index (χ3n) is 3.17. The van der Waals surface area contributed by atoms with E-state index in [0.717, 1.165) is 6.42 Å². The quantitative estimate of drug-likeness (QED) is 0.835. The minimum absolute atomic E-state index is 0.0733. The Morgan fingerprint density at radius 2 is 1.95 bits per heavy atom. The van der Waals surface area contributed by atoms with Gasteiger partial charge in [-0.2, -0.15) is 0 Å². The van der Waals surface area contributed by atoms with Crippen LogP contribution in [0.25, 0.3) is 0 Å². The molecule has 0 aliphatic rings. The Kier molecular flexibility index (Phi) is 5.31. The first kappa shape index (κ1) is 15.9. The van der Waals surface area contributed by atoms with Crippen molar-refractivity contribution in [2.24, 2.45) is 5.73 Å². The standard InChI is InChI=1S/C16H16BrF2NO/c1-2-11(20)8-10-4-3-5-14(18)16(10)21-12-6-7-13(17)15(19)9-12/h3-7,9,11H,2,8,20H2,1H3. The van der Waals surface area contributed by atoms with Gasteiger partial charge in [-0.25, -0.2) is 8.78 Å². The fourth-order valence-corrected chi connectivity index (χ4v) is 2.16. The van der Waals surface area contributed by atoms with E-state index in [2.05, 4.69) is 15.9 Å². The third kappa shape index (κ3) is 4.02. The maximum Gasteiger partial charge on any atom is 0.166 e. The second kappa shape index (κ2) is 7.00. The molecule has 2 rings (SSSR count). The SMILES string of the molecule is CCC(N)Cc1cccc(F)c1Oc1ccc(Br)c(F)c1. The highest BCUT2D eigenvalue weighted by atomic mass is 79.9. The number of para-hydroxylation sites is 1. The summed E-state index contributed by atoms with van der Waals surface area (Å²) in [4.78, 5) is 0. The van der Waals surface area contributed by atoms with Crippen molar-refractivity contribution in [2.75, 3.05) is 0 Å². The van der Waals surface area contributed by atoms with Gasteiger partial charge in [-0.15, -0.1) is 0 Å². The summed E-state index contributed by atoms with van der Waals surface area (Å²) in [5.41, 5.74) is 6.59. The van der Waals surface area contributed by atoms with Crippen LogP contribution in [-0.2, 0) is 6.42 Å². The van der Waals surface area contributed by atoms with Crippen molar-refractivity contribution >= 4 is 15.9 Å². The van der Waals surface area contributed by atoms with Gasteiger partial charge in [0.25, 0.3) is 0 Å². The zero-order chi connectivity index (χ0) is 15.4. The Hall–Kier alpha value is -1.46. The lowest BCUT2D eigenvalue weighted by atomic mass is 10.0. The number of benzene rings is 2. The van der Waals surface area contributed by atoms with Crippen molar-refractivity contribution in [3.63, 3.8) is 0 Å². The number of nitrogens with two attached hydrogens (primary N) is 1. The van der Waals surface area contributed by atoms with Gasteiger partial charge in [-0.3, -0.25) is 0 Å². The van der Waals surface area contributed by atoms with E-state index in [9.17, 15) is 8.78 Å². The van der Waals surface area contributed by atoms with Crippen LogP contribution in [0, 0.1) is 11.6 Å². The molecule has 0 saturated carbocycles. The maximum atomic E-state index is 14.0. The average molecular weight is 356 g/mol. The molecule has 1 atom stereocenters. The summed E-state index contributed by atoms with van der Waals surface area (Å²) in [6.07, 6.45) is 1.28. The first-order valence-electron chi connectivity index (χ1n) is 6.67. The summed E-state index contributed by atoms with van der Waals surface area (Å²) >= 11 is 3.06. The van der Waals surface area contributed by atoms with Crippen molar-refractivity contribution in [3.8, 4) is 11.5 Å². The van der Waals surface area contributed by atoms with E-state index in [-0.39, 0.29) is 17.5 Å². The van der Waals surface area contributed by atoms with E-state index in [1.807, 2.05) is 6.92 Å². The Labute approximate surface area is 131 Å². The van der Waals surface area contributed by atoms with Gasteiger partial charge in [0, 0.05) is 12.1 Å². The molecule has 2 aromatic rings. The summed E-state index contributed by atoms with van der Waals surface area (Å²) in [7, 11) is 0. The van der Waals surface area contributed by atoms with Crippen LogP contribution in [0.3, 0.4) is 0 Å². The number of rotatable bonds is 5. The lowest BCUT2D eigenvalue weighted by Crippen LogP contribution is -2.21. The Balaban J connectivity index is 2.31. The minimum Gasteiger partial charge on any atom is -0.454 e. The molecule has 0 heterocycles. The molecule has 2 aromatic carbocycles. The van der Waals surface area contributed by atoms with Crippen LogP contribution >= 0.6 is 15.9 Å². The van der Waals surface area contributed by atoms with Crippen LogP contribution < -0.4 is 10.5 Å². The molecule has 0 aliphatic carbocycles. The molecule has 0 fully saturated rings. The molecule has 0 aromatic heterocycles. The van der Waals surface area contributed by atoms with Crippen LogP contribution in [0.4, 0.5) is 8.78 Å². The van der Waals surface area contributed by atoms with Crippen LogP contribution in [0.15, 0.2) is 40.9 Å². The molecule has 2 nitrogen and oxygen atoms in total. The number of hydrogen-bond donors (Lipinski definition) is 1. The van der Waals surface area contributed by atoms with Crippen LogP contribution in [0.1, 0.15) is 18.9 Å². The molecular weight excluding hydrogens is 340 g/mol. The molecule has 112 valence electrons. The first-order chi connectivity index (χ1) is 10.0. The molecule has 0 amide bonds. The monoisotopic (exact) mass is 355 g/mol. The van der Waals surface area contributed by atoms with Crippen molar-refractivity contribution in [3.05, 3.63) is 58.1 Å². The van der Waals surface area contributed by atoms with Crippen molar-refractivity contribution in [2.45, 2.75) is 25.8 Å². The molecule has 0 bridgehead atoms. The normalized spacial score (nSPS) is 12.2. The summed E-state index contributed by atoms with van der Waals surface area (Å²) in [5, 5.41) is 0. The van der Waals surface area contributed by atoms with Crippen LogP contribution in [-0.4, -0.2) is 6.04 Å². The predicted octanol–water partition coefficient (Wildman–Crippen LogP) is 4.80.